The Morgan fingerprint density at radius 2 is 1.71 bits per heavy atom. The molecule has 4 rings (SSSR count). The molecule has 0 radical (unpaired) electrons. The number of hydrogen-bond donors (Lipinski definition) is 2. The van der Waals surface area contributed by atoms with Crippen LogP contribution in [0.2, 0.25) is 0 Å². The molecule has 8 heteroatoms. The highest BCUT2D eigenvalue weighted by Crippen LogP contribution is 2.21. The Morgan fingerprint density at radius 1 is 0.968 bits per heavy atom. The summed E-state index contributed by atoms with van der Waals surface area (Å²) < 4.78 is 7.25. The number of ether oxygens (including phenoxy) is 1. The second kappa shape index (κ2) is 9.08. The van der Waals surface area contributed by atoms with Gasteiger partial charge in [-0.3, -0.25) is 20.4 Å². The Hall–Kier alpha value is -4.20. The Kier molecular flexibility index (Phi) is 5.89. The van der Waals surface area contributed by atoms with Crippen molar-refractivity contribution in [3.63, 3.8) is 0 Å². The lowest BCUT2D eigenvalue weighted by atomic mass is 10.1. The molecule has 1 heterocycles. The number of carbonyl (C=O) groups excluding carboxylic acids is 2. The maximum absolute atomic E-state index is 12.3. The molecule has 0 saturated heterocycles. The summed E-state index contributed by atoms with van der Waals surface area (Å²) in [5.74, 6) is -0.486. The second-order valence-electron chi connectivity index (χ2n) is 7.00. The first-order chi connectivity index (χ1) is 15.1. The smallest absolute Gasteiger partial charge is 0.291 e. The highest BCUT2D eigenvalue weighted by molar-refractivity contribution is 5.93. The second-order valence-corrected chi connectivity index (χ2v) is 7.00. The van der Waals surface area contributed by atoms with Crippen LogP contribution in [0.5, 0.6) is 5.75 Å². The van der Waals surface area contributed by atoms with Crippen LogP contribution in [0, 0.1) is 0 Å². The lowest BCUT2D eigenvalue weighted by Gasteiger charge is -2.15. The number of fused-ring (bicyclic) bond motifs is 1. The largest absolute Gasteiger partial charge is 0.481 e. The van der Waals surface area contributed by atoms with Crippen LogP contribution in [0.25, 0.3) is 10.8 Å². The summed E-state index contributed by atoms with van der Waals surface area (Å²) in [5.41, 5.74) is 5.83. The van der Waals surface area contributed by atoms with Crippen LogP contribution in [0.3, 0.4) is 0 Å². The highest BCUT2D eigenvalue weighted by atomic mass is 16.5. The fourth-order valence-electron chi connectivity index (χ4n) is 3.03. The van der Waals surface area contributed by atoms with E-state index in [1.807, 2.05) is 66.7 Å². The first-order valence-corrected chi connectivity index (χ1v) is 9.78. The van der Waals surface area contributed by atoms with Crippen LogP contribution >= 0.6 is 0 Å². The summed E-state index contributed by atoms with van der Waals surface area (Å²) in [7, 11) is 0. The molecule has 0 spiro atoms. The van der Waals surface area contributed by atoms with E-state index in [-0.39, 0.29) is 5.69 Å². The molecule has 2 amide bonds. The first-order valence-electron chi connectivity index (χ1n) is 9.78. The minimum atomic E-state index is -0.810. The highest BCUT2D eigenvalue weighted by Gasteiger charge is 2.17. The third kappa shape index (κ3) is 5.05. The molecule has 0 saturated carbocycles. The van der Waals surface area contributed by atoms with Crippen molar-refractivity contribution in [3.8, 4) is 5.75 Å². The molecule has 4 aromatic rings. The van der Waals surface area contributed by atoms with Crippen LogP contribution < -0.4 is 15.6 Å². The molecule has 0 aliphatic carbocycles. The molecule has 8 nitrogen and oxygen atoms in total. The molecule has 0 fully saturated rings. The summed E-state index contributed by atoms with van der Waals surface area (Å²) >= 11 is 0. The summed E-state index contributed by atoms with van der Waals surface area (Å²) in [5, 5.41) is 9.89. The maximum atomic E-state index is 12.3. The summed E-state index contributed by atoms with van der Waals surface area (Å²) in [4.78, 5) is 24.6. The van der Waals surface area contributed by atoms with E-state index >= 15 is 0 Å². The van der Waals surface area contributed by atoms with Crippen molar-refractivity contribution < 1.29 is 14.3 Å². The molecule has 3 aromatic carbocycles. The molecular weight excluding hydrogens is 394 g/mol. The van der Waals surface area contributed by atoms with Gasteiger partial charge in [0.05, 0.1) is 12.7 Å². The molecule has 156 valence electrons. The molecule has 1 aromatic heterocycles. The van der Waals surface area contributed by atoms with Crippen LogP contribution in [0.15, 0.2) is 79.0 Å². The van der Waals surface area contributed by atoms with Gasteiger partial charge < -0.3 is 4.74 Å². The first kappa shape index (κ1) is 20.1. The molecule has 1 unspecified atom stereocenters. The van der Waals surface area contributed by atoms with Gasteiger partial charge in [0.2, 0.25) is 0 Å². The van der Waals surface area contributed by atoms with Crippen LogP contribution in [-0.4, -0.2) is 32.9 Å². The number of aromatic nitrogens is 3. The molecule has 31 heavy (non-hydrogen) atoms. The quantitative estimate of drug-likeness (QED) is 0.472. The normalized spacial score (nSPS) is 11.6. The van der Waals surface area contributed by atoms with E-state index in [4.69, 9.17) is 4.74 Å². The zero-order valence-corrected chi connectivity index (χ0v) is 16.9. The van der Waals surface area contributed by atoms with Crippen molar-refractivity contribution in [3.05, 3.63) is 90.3 Å². The molecular formula is C23H21N5O3. The third-order valence-corrected chi connectivity index (χ3v) is 4.66. The number of nitrogens with zero attached hydrogens (tertiary/aromatic N) is 3. The van der Waals surface area contributed by atoms with Gasteiger partial charge >= 0.3 is 0 Å². The van der Waals surface area contributed by atoms with Gasteiger partial charge in [-0.15, -0.1) is 5.10 Å². The predicted molar refractivity (Wildman–Crippen MR) is 115 cm³/mol. The lowest BCUT2D eigenvalue weighted by Crippen LogP contribution is -2.47. The lowest BCUT2D eigenvalue weighted by molar-refractivity contribution is -0.128. The van der Waals surface area contributed by atoms with Crippen molar-refractivity contribution in [1.82, 2.24) is 25.8 Å². The van der Waals surface area contributed by atoms with Crippen molar-refractivity contribution in [1.29, 1.82) is 0 Å². The maximum Gasteiger partial charge on any atom is 0.291 e. The van der Waals surface area contributed by atoms with Gasteiger partial charge in [-0.05, 0) is 35.4 Å². The summed E-state index contributed by atoms with van der Waals surface area (Å²) in [6.07, 6.45) is 0.707. The minimum absolute atomic E-state index is 0.0966. The molecule has 0 aliphatic rings. The number of benzene rings is 3. The Morgan fingerprint density at radius 3 is 2.52 bits per heavy atom. The Labute approximate surface area is 178 Å². The Bertz CT molecular complexity index is 1210. The van der Waals surface area contributed by atoms with E-state index in [1.165, 1.54) is 6.20 Å². The van der Waals surface area contributed by atoms with Crippen molar-refractivity contribution >= 4 is 22.6 Å². The number of carbonyl (C=O) groups is 2. The molecule has 0 bridgehead atoms. The zero-order valence-electron chi connectivity index (χ0n) is 16.9. The van der Waals surface area contributed by atoms with Gasteiger partial charge in [0.25, 0.3) is 11.8 Å². The summed E-state index contributed by atoms with van der Waals surface area (Å²) in [6, 6.07) is 23.2. The van der Waals surface area contributed by atoms with E-state index in [2.05, 4.69) is 21.2 Å². The zero-order chi connectivity index (χ0) is 21.6. The van der Waals surface area contributed by atoms with Gasteiger partial charge in [0.15, 0.2) is 11.8 Å². The van der Waals surface area contributed by atoms with E-state index < -0.39 is 17.9 Å². The molecule has 1 atom stereocenters. The molecule has 2 N–H and O–H groups in total. The van der Waals surface area contributed by atoms with Crippen LogP contribution in [0.1, 0.15) is 23.0 Å². The standard InChI is InChI=1S/C23H21N5O3/c1-16(31-20-12-11-18-9-5-6-10-19(18)13-20)22(29)25-26-23(30)21-15-28(27-24-21)14-17-7-3-2-4-8-17/h2-13,15-16H,14H2,1H3,(H,25,29)(H,26,30). The van der Waals surface area contributed by atoms with Gasteiger partial charge in [-0.1, -0.05) is 65.9 Å². The number of nitrogens with one attached hydrogen (secondary N) is 2. The van der Waals surface area contributed by atoms with E-state index in [0.29, 0.717) is 12.3 Å². The monoisotopic (exact) mass is 415 g/mol. The number of amides is 2. The van der Waals surface area contributed by atoms with Crippen molar-refractivity contribution in [2.24, 2.45) is 0 Å². The molecule has 0 aliphatic heterocycles. The van der Waals surface area contributed by atoms with E-state index in [9.17, 15) is 9.59 Å². The predicted octanol–water partition coefficient (Wildman–Crippen LogP) is 2.71. The average Bonchev–Trinajstić information content (AvgIpc) is 3.26. The van der Waals surface area contributed by atoms with Crippen LogP contribution in [-0.2, 0) is 11.3 Å². The topological polar surface area (TPSA) is 98.1 Å². The van der Waals surface area contributed by atoms with Gasteiger partial charge in [-0.25, -0.2) is 4.68 Å². The van der Waals surface area contributed by atoms with E-state index in [0.717, 1.165) is 16.3 Å². The van der Waals surface area contributed by atoms with Crippen molar-refractivity contribution in [2.45, 2.75) is 19.6 Å². The van der Waals surface area contributed by atoms with Gasteiger partial charge in [-0.2, -0.15) is 0 Å². The SMILES string of the molecule is CC(Oc1ccc2ccccc2c1)C(=O)NNC(=O)c1cn(Cc2ccccc2)nn1. The van der Waals surface area contributed by atoms with Crippen molar-refractivity contribution in [2.75, 3.05) is 0 Å². The van der Waals surface area contributed by atoms with E-state index in [1.54, 1.807) is 17.7 Å². The fourth-order valence-corrected chi connectivity index (χ4v) is 3.03. The summed E-state index contributed by atoms with van der Waals surface area (Å²) in [6.45, 7) is 2.09. The Balaban J connectivity index is 1.30. The van der Waals surface area contributed by atoms with Crippen LogP contribution in [0.4, 0.5) is 0 Å². The van der Waals surface area contributed by atoms with Gasteiger partial charge in [0, 0.05) is 0 Å². The minimum Gasteiger partial charge on any atom is -0.481 e. The van der Waals surface area contributed by atoms with Gasteiger partial charge in [0.1, 0.15) is 5.75 Å². The number of hydrazine groups is 1. The number of rotatable bonds is 6. The fraction of sp³-hybridized carbons (Fsp3) is 0.130. The average molecular weight is 415 g/mol. The third-order valence-electron chi connectivity index (χ3n) is 4.66. The number of hydrogen-bond acceptors (Lipinski definition) is 5.